The molecule has 0 atom stereocenters. The highest BCUT2D eigenvalue weighted by atomic mass is 16.3. The molecule has 0 amide bonds. The first kappa shape index (κ1) is 20.4. The van der Waals surface area contributed by atoms with Gasteiger partial charge in [0.05, 0.1) is 12.1 Å². The third-order valence-electron chi connectivity index (χ3n) is 4.13. The second-order valence-corrected chi connectivity index (χ2v) is 6.40. The molecular formula is C19H34N4O. The summed E-state index contributed by atoms with van der Waals surface area (Å²) in [5, 5.41) is 17.3. The summed E-state index contributed by atoms with van der Waals surface area (Å²) in [6.45, 7) is 10.4. The monoisotopic (exact) mass is 334 g/mol. The number of pyridine rings is 1. The minimum absolute atomic E-state index is 0.443. The van der Waals surface area contributed by atoms with Gasteiger partial charge in [0, 0.05) is 25.5 Å². The Balaban J connectivity index is 2.60. The molecule has 0 saturated heterocycles. The summed E-state index contributed by atoms with van der Waals surface area (Å²) in [6.07, 6.45) is 8.17. The third kappa shape index (κ3) is 7.30. The molecule has 0 aliphatic heterocycles. The topological polar surface area (TPSA) is 69.5 Å². The standard InChI is InChI=1S/C19H34N4O/c1-5-10-19(24,11-6-2)15-23-18(21-7-3)22-13-9-17-8-12-20-14-16(17)4/h8,12,14,24H,5-7,9-11,13,15H2,1-4H3,(H2,21,22,23). The molecule has 1 aromatic rings. The van der Waals surface area contributed by atoms with Crippen molar-refractivity contribution in [2.75, 3.05) is 19.6 Å². The van der Waals surface area contributed by atoms with E-state index in [-0.39, 0.29) is 0 Å². The van der Waals surface area contributed by atoms with Crippen LogP contribution in [0, 0.1) is 6.92 Å². The van der Waals surface area contributed by atoms with E-state index < -0.39 is 5.60 Å². The van der Waals surface area contributed by atoms with E-state index in [0.29, 0.717) is 6.54 Å². The molecule has 1 aromatic heterocycles. The van der Waals surface area contributed by atoms with Crippen LogP contribution >= 0.6 is 0 Å². The van der Waals surface area contributed by atoms with Gasteiger partial charge >= 0.3 is 0 Å². The van der Waals surface area contributed by atoms with Gasteiger partial charge in [0.25, 0.3) is 0 Å². The van der Waals surface area contributed by atoms with Crippen molar-refractivity contribution in [2.24, 2.45) is 4.99 Å². The fourth-order valence-corrected chi connectivity index (χ4v) is 2.88. The molecular weight excluding hydrogens is 300 g/mol. The summed E-state index contributed by atoms with van der Waals surface area (Å²) in [7, 11) is 0. The molecule has 136 valence electrons. The molecule has 1 heterocycles. The summed E-state index contributed by atoms with van der Waals surface area (Å²) in [5.41, 5.74) is 1.82. The molecule has 0 bridgehead atoms. The van der Waals surface area contributed by atoms with Gasteiger partial charge in [0.2, 0.25) is 0 Å². The van der Waals surface area contributed by atoms with E-state index in [0.717, 1.165) is 51.2 Å². The summed E-state index contributed by atoms with van der Waals surface area (Å²) in [5.74, 6) is 0.773. The zero-order valence-electron chi connectivity index (χ0n) is 15.7. The minimum atomic E-state index is -0.687. The molecule has 5 heteroatoms. The number of aromatic nitrogens is 1. The molecule has 0 fully saturated rings. The summed E-state index contributed by atoms with van der Waals surface area (Å²) >= 11 is 0. The number of rotatable bonds is 10. The zero-order chi connectivity index (χ0) is 17.8. The van der Waals surface area contributed by atoms with Crippen molar-refractivity contribution in [1.29, 1.82) is 0 Å². The summed E-state index contributed by atoms with van der Waals surface area (Å²) < 4.78 is 0. The van der Waals surface area contributed by atoms with E-state index in [1.165, 1.54) is 11.1 Å². The second-order valence-electron chi connectivity index (χ2n) is 6.40. The Labute approximate surface area is 147 Å². The summed E-state index contributed by atoms with van der Waals surface area (Å²) in [4.78, 5) is 8.73. The van der Waals surface area contributed by atoms with Crippen LogP contribution in [-0.4, -0.2) is 41.3 Å². The van der Waals surface area contributed by atoms with Crippen molar-refractivity contribution < 1.29 is 5.11 Å². The molecule has 3 N–H and O–H groups in total. The van der Waals surface area contributed by atoms with Gasteiger partial charge in [-0.05, 0) is 50.3 Å². The van der Waals surface area contributed by atoms with Crippen LogP contribution in [0.5, 0.6) is 0 Å². The maximum Gasteiger partial charge on any atom is 0.191 e. The maximum absolute atomic E-state index is 10.7. The van der Waals surface area contributed by atoms with Crippen molar-refractivity contribution >= 4 is 5.96 Å². The highest BCUT2D eigenvalue weighted by molar-refractivity contribution is 5.79. The van der Waals surface area contributed by atoms with Crippen LogP contribution in [0.3, 0.4) is 0 Å². The van der Waals surface area contributed by atoms with E-state index >= 15 is 0 Å². The highest BCUT2D eigenvalue weighted by Crippen LogP contribution is 2.19. The first-order valence-electron chi connectivity index (χ1n) is 9.18. The summed E-state index contributed by atoms with van der Waals surface area (Å²) in [6, 6.07) is 2.06. The molecule has 0 saturated carbocycles. The first-order chi connectivity index (χ1) is 11.5. The Hall–Kier alpha value is -1.62. The molecule has 0 aromatic carbocycles. The normalized spacial score (nSPS) is 12.3. The Bertz CT molecular complexity index is 496. The highest BCUT2D eigenvalue weighted by Gasteiger charge is 2.24. The molecule has 1 rings (SSSR count). The van der Waals surface area contributed by atoms with E-state index in [1.54, 1.807) is 0 Å². The number of aliphatic hydroxyl groups is 1. The Morgan fingerprint density at radius 3 is 2.50 bits per heavy atom. The van der Waals surface area contributed by atoms with Crippen molar-refractivity contribution in [3.05, 3.63) is 29.6 Å². The number of guanidine groups is 1. The van der Waals surface area contributed by atoms with Crippen LogP contribution in [0.4, 0.5) is 0 Å². The SMILES string of the molecule is CCCC(O)(CCC)CN=C(NCC)NCCc1ccncc1C. The number of hydrogen-bond acceptors (Lipinski definition) is 3. The number of aryl methyl sites for hydroxylation is 1. The average molecular weight is 335 g/mol. The number of nitrogens with zero attached hydrogens (tertiary/aromatic N) is 2. The number of aliphatic imine (C=N–C) groups is 1. The van der Waals surface area contributed by atoms with Gasteiger partial charge in [-0.3, -0.25) is 9.98 Å². The van der Waals surface area contributed by atoms with Crippen LogP contribution < -0.4 is 10.6 Å². The van der Waals surface area contributed by atoms with Gasteiger partial charge < -0.3 is 15.7 Å². The predicted octanol–water partition coefficient (Wildman–Crippen LogP) is 2.82. The predicted molar refractivity (Wildman–Crippen MR) is 101 cm³/mol. The van der Waals surface area contributed by atoms with Crippen molar-refractivity contribution in [3.63, 3.8) is 0 Å². The van der Waals surface area contributed by atoms with Crippen LogP contribution in [0.1, 0.15) is 57.6 Å². The lowest BCUT2D eigenvalue weighted by molar-refractivity contribution is 0.0306. The van der Waals surface area contributed by atoms with Gasteiger partial charge in [-0.1, -0.05) is 26.7 Å². The maximum atomic E-state index is 10.7. The van der Waals surface area contributed by atoms with Gasteiger partial charge in [0.15, 0.2) is 5.96 Å². The van der Waals surface area contributed by atoms with Crippen LogP contribution in [0.2, 0.25) is 0 Å². The fourth-order valence-electron chi connectivity index (χ4n) is 2.88. The van der Waals surface area contributed by atoms with Gasteiger partial charge in [-0.2, -0.15) is 0 Å². The van der Waals surface area contributed by atoms with Gasteiger partial charge in [-0.15, -0.1) is 0 Å². The first-order valence-corrected chi connectivity index (χ1v) is 9.18. The lowest BCUT2D eigenvalue weighted by Crippen LogP contribution is -2.40. The van der Waals surface area contributed by atoms with Gasteiger partial charge in [0.1, 0.15) is 0 Å². The zero-order valence-corrected chi connectivity index (χ0v) is 15.7. The fraction of sp³-hybridized carbons (Fsp3) is 0.684. The van der Waals surface area contributed by atoms with Crippen LogP contribution in [0.25, 0.3) is 0 Å². The lowest BCUT2D eigenvalue weighted by Gasteiger charge is -2.26. The van der Waals surface area contributed by atoms with Crippen LogP contribution in [-0.2, 0) is 6.42 Å². The molecule has 0 spiro atoms. The largest absolute Gasteiger partial charge is 0.388 e. The minimum Gasteiger partial charge on any atom is -0.388 e. The molecule has 24 heavy (non-hydrogen) atoms. The third-order valence-corrected chi connectivity index (χ3v) is 4.13. The average Bonchev–Trinajstić information content (AvgIpc) is 2.55. The quantitative estimate of drug-likeness (QED) is 0.454. The Kier molecular flexibility index (Phi) is 9.38. The van der Waals surface area contributed by atoms with E-state index in [2.05, 4.69) is 54.4 Å². The smallest absolute Gasteiger partial charge is 0.191 e. The molecule has 0 radical (unpaired) electrons. The second kappa shape index (κ2) is 11.0. The van der Waals surface area contributed by atoms with Crippen molar-refractivity contribution in [3.8, 4) is 0 Å². The number of hydrogen-bond donors (Lipinski definition) is 3. The lowest BCUT2D eigenvalue weighted by atomic mass is 9.93. The molecule has 0 aliphatic carbocycles. The molecule has 0 unspecified atom stereocenters. The van der Waals surface area contributed by atoms with Crippen LogP contribution in [0.15, 0.2) is 23.5 Å². The molecule has 0 aliphatic rings. The van der Waals surface area contributed by atoms with Crippen molar-refractivity contribution in [2.45, 2.75) is 65.4 Å². The van der Waals surface area contributed by atoms with E-state index in [1.807, 2.05) is 12.4 Å². The Morgan fingerprint density at radius 2 is 1.92 bits per heavy atom. The number of nitrogens with one attached hydrogen (secondary N) is 2. The van der Waals surface area contributed by atoms with Crippen molar-refractivity contribution in [1.82, 2.24) is 15.6 Å². The van der Waals surface area contributed by atoms with E-state index in [4.69, 9.17) is 0 Å². The molecule has 5 nitrogen and oxygen atoms in total. The Morgan fingerprint density at radius 1 is 1.21 bits per heavy atom. The van der Waals surface area contributed by atoms with Gasteiger partial charge in [-0.25, -0.2) is 0 Å². The van der Waals surface area contributed by atoms with E-state index in [9.17, 15) is 5.11 Å².